The van der Waals surface area contributed by atoms with E-state index in [1.54, 1.807) is 25.2 Å². The number of hydrogen-bond acceptors (Lipinski definition) is 4. The quantitative estimate of drug-likeness (QED) is 0.565. The van der Waals surface area contributed by atoms with Gasteiger partial charge in [-0.2, -0.15) is 0 Å². The molecule has 2 aromatic carbocycles. The van der Waals surface area contributed by atoms with Gasteiger partial charge in [-0.15, -0.1) is 0 Å². The zero-order chi connectivity index (χ0) is 22.5. The van der Waals surface area contributed by atoms with Crippen molar-refractivity contribution in [1.82, 2.24) is 4.90 Å². The number of carbonyl (C=O) groups excluding carboxylic acids is 2. The molecule has 2 rings (SSSR count). The summed E-state index contributed by atoms with van der Waals surface area (Å²) in [6.45, 7) is 10.0. The van der Waals surface area contributed by atoms with Crippen LogP contribution in [0.1, 0.15) is 58.2 Å². The number of hydrogen-bond donors (Lipinski definition) is 0. The molecule has 162 valence electrons. The Kier molecular flexibility index (Phi) is 7.79. The molecule has 0 bridgehead atoms. The first-order valence-electron chi connectivity index (χ1n) is 10.2. The first kappa shape index (κ1) is 23.6. The van der Waals surface area contributed by atoms with Crippen molar-refractivity contribution in [3.05, 3.63) is 64.2 Å². The van der Waals surface area contributed by atoms with Crippen molar-refractivity contribution in [2.75, 3.05) is 27.4 Å². The van der Waals surface area contributed by atoms with Gasteiger partial charge in [0.15, 0.2) is 5.78 Å². The van der Waals surface area contributed by atoms with Crippen molar-refractivity contribution in [2.24, 2.45) is 0 Å². The summed E-state index contributed by atoms with van der Waals surface area (Å²) >= 11 is 0. The van der Waals surface area contributed by atoms with Crippen LogP contribution in [0, 0.1) is 13.8 Å². The van der Waals surface area contributed by atoms with E-state index in [-0.39, 0.29) is 18.2 Å². The van der Waals surface area contributed by atoms with Crippen LogP contribution in [0.25, 0.3) is 0 Å². The minimum atomic E-state index is -0.662. The van der Waals surface area contributed by atoms with Gasteiger partial charge >= 0.3 is 0 Å². The largest absolute Gasteiger partial charge is 0.496 e. The molecule has 0 aliphatic rings. The van der Waals surface area contributed by atoms with Crippen LogP contribution in [-0.4, -0.2) is 49.5 Å². The molecule has 0 N–H and O–H groups in total. The van der Waals surface area contributed by atoms with Crippen molar-refractivity contribution in [1.29, 1.82) is 0 Å². The Morgan fingerprint density at radius 2 is 1.67 bits per heavy atom. The summed E-state index contributed by atoms with van der Waals surface area (Å²) in [6, 6.07) is 11.2. The molecule has 0 aliphatic heterocycles. The Bertz CT molecular complexity index is 897. The van der Waals surface area contributed by atoms with Gasteiger partial charge in [0.2, 0.25) is 0 Å². The number of Topliss-reactive ketones (excluding diaryl/α,β-unsaturated/α-hetero) is 1. The average Bonchev–Trinajstić information content (AvgIpc) is 2.69. The summed E-state index contributed by atoms with van der Waals surface area (Å²) in [5, 5.41) is 0. The van der Waals surface area contributed by atoms with Gasteiger partial charge in [0, 0.05) is 23.8 Å². The predicted molar refractivity (Wildman–Crippen MR) is 120 cm³/mol. The van der Waals surface area contributed by atoms with Crippen molar-refractivity contribution in [3.63, 3.8) is 0 Å². The van der Waals surface area contributed by atoms with Gasteiger partial charge in [0.1, 0.15) is 5.75 Å². The molecule has 30 heavy (non-hydrogen) atoms. The van der Waals surface area contributed by atoms with Crippen molar-refractivity contribution in [3.8, 4) is 5.75 Å². The number of rotatable bonds is 9. The molecule has 1 amide bonds. The number of amides is 1. The highest BCUT2D eigenvalue weighted by Crippen LogP contribution is 2.26. The average molecular weight is 412 g/mol. The maximum Gasteiger partial charge on any atom is 0.254 e. The standard InChI is InChI=1S/C25H33NO4/c1-8-20-21(10-9-11-23(20)30-7)22(27)15-26(25(4,5)16-29-6)24(28)19-13-17(2)12-18(3)14-19/h9-14H,8,15-16H2,1-7H3. The molecular weight excluding hydrogens is 378 g/mol. The molecule has 0 fully saturated rings. The van der Waals surface area contributed by atoms with Crippen LogP contribution in [0.2, 0.25) is 0 Å². The SMILES string of the molecule is CCc1c(OC)cccc1C(=O)CN(C(=O)c1cc(C)cc(C)c1)C(C)(C)COC. The second-order valence-corrected chi connectivity index (χ2v) is 8.28. The van der Waals surface area contributed by atoms with Gasteiger partial charge in [0.05, 0.1) is 25.8 Å². The lowest BCUT2D eigenvalue weighted by Gasteiger charge is -2.38. The summed E-state index contributed by atoms with van der Waals surface area (Å²) in [5.74, 6) is 0.387. The van der Waals surface area contributed by atoms with Crippen molar-refractivity contribution >= 4 is 11.7 Å². The van der Waals surface area contributed by atoms with Crippen LogP contribution in [0.15, 0.2) is 36.4 Å². The van der Waals surface area contributed by atoms with Crippen LogP contribution in [-0.2, 0) is 11.2 Å². The smallest absolute Gasteiger partial charge is 0.254 e. The van der Waals surface area contributed by atoms with Crippen LogP contribution in [0.5, 0.6) is 5.75 Å². The molecule has 0 saturated carbocycles. The molecule has 0 atom stereocenters. The molecule has 0 saturated heterocycles. The first-order chi connectivity index (χ1) is 14.1. The Morgan fingerprint density at radius 1 is 1.03 bits per heavy atom. The summed E-state index contributed by atoms with van der Waals surface area (Å²) in [4.78, 5) is 28.5. The topological polar surface area (TPSA) is 55.8 Å². The van der Waals surface area contributed by atoms with E-state index in [1.165, 1.54) is 0 Å². The third kappa shape index (κ3) is 5.28. The van der Waals surface area contributed by atoms with Crippen LogP contribution in [0.4, 0.5) is 0 Å². The zero-order valence-corrected chi connectivity index (χ0v) is 19.2. The van der Waals surface area contributed by atoms with Gasteiger partial charge in [-0.05, 0) is 52.3 Å². The maximum atomic E-state index is 13.5. The number of carbonyl (C=O) groups is 2. The van der Waals surface area contributed by atoms with Gasteiger partial charge in [-0.1, -0.05) is 36.2 Å². The molecule has 0 unspecified atom stereocenters. The molecule has 0 spiro atoms. The highest BCUT2D eigenvalue weighted by atomic mass is 16.5. The van der Waals surface area contributed by atoms with E-state index in [9.17, 15) is 9.59 Å². The van der Waals surface area contributed by atoms with Crippen molar-refractivity contribution < 1.29 is 19.1 Å². The summed E-state index contributed by atoms with van der Waals surface area (Å²) in [5.41, 5.74) is 3.37. The number of benzene rings is 2. The fraction of sp³-hybridized carbons (Fsp3) is 0.440. The first-order valence-corrected chi connectivity index (χ1v) is 10.2. The molecule has 0 aromatic heterocycles. The molecule has 2 aromatic rings. The number of ether oxygens (including phenoxy) is 2. The minimum absolute atomic E-state index is 0.0393. The van der Waals surface area contributed by atoms with Crippen LogP contribution >= 0.6 is 0 Å². The van der Waals surface area contributed by atoms with Gasteiger partial charge < -0.3 is 14.4 Å². The van der Waals surface area contributed by atoms with Crippen LogP contribution in [0.3, 0.4) is 0 Å². The maximum absolute atomic E-state index is 13.5. The highest BCUT2D eigenvalue weighted by molar-refractivity contribution is 6.03. The van der Waals surface area contributed by atoms with Gasteiger partial charge in [0.25, 0.3) is 5.91 Å². The molecular formula is C25H33NO4. The molecule has 5 nitrogen and oxygen atoms in total. The Balaban J connectivity index is 2.46. The van der Waals surface area contributed by atoms with E-state index in [1.807, 2.05) is 65.0 Å². The van der Waals surface area contributed by atoms with E-state index < -0.39 is 5.54 Å². The fourth-order valence-electron chi connectivity index (χ4n) is 3.86. The molecule has 0 radical (unpaired) electrons. The van der Waals surface area contributed by atoms with Crippen LogP contribution < -0.4 is 4.74 Å². The Hall–Kier alpha value is -2.66. The van der Waals surface area contributed by atoms with Gasteiger partial charge in [-0.25, -0.2) is 0 Å². The molecule has 0 heterocycles. The summed E-state index contributed by atoms with van der Waals surface area (Å²) in [7, 11) is 3.20. The lowest BCUT2D eigenvalue weighted by atomic mass is 9.96. The fourth-order valence-corrected chi connectivity index (χ4v) is 3.86. The summed E-state index contributed by atoms with van der Waals surface area (Å²) < 4.78 is 10.8. The molecule has 0 aliphatic carbocycles. The number of ketones is 1. The number of methoxy groups -OCH3 is 2. The monoisotopic (exact) mass is 411 g/mol. The second-order valence-electron chi connectivity index (χ2n) is 8.28. The highest BCUT2D eigenvalue weighted by Gasteiger charge is 2.34. The van der Waals surface area contributed by atoms with E-state index in [0.29, 0.717) is 29.9 Å². The lowest BCUT2D eigenvalue weighted by Crippen LogP contribution is -2.52. The molecule has 5 heteroatoms. The van der Waals surface area contributed by atoms with Gasteiger partial charge in [-0.3, -0.25) is 9.59 Å². The predicted octanol–water partition coefficient (Wildman–Crippen LogP) is 4.62. The minimum Gasteiger partial charge on any atom is -0.496 e. The second kappa shape index (κ2) is 9.90. The van der Waals surface area contributed by atoms with E-state index in [4.69, 9.17) is 9.47 Å². The third-order valence-electron chi connectivity index (χ3n) is 5.25. The Labute approximate surface area is 180 Å². The third-order valence-corrected chi connectivity index (χ3v) is 5.25. The summed E-state index contributed by atoms with van der Waals surface area (Å²) in [6.07, 6.45) is 0.664. The van der Waals surface area contributed by atoms with E-state index in [0.717, 1.165) is 16.7 Å². The lowest BCUT2D eigenvalue weighted by molar-refractivity contribution is 0.0261. The number of nitrogens with zero attached hydrogens (tertiary/aromatic N) is 1. The normalized spacial score (nSPS) is 11.3. The van der Waals surface area contributed by atoms with Crippen molar-refractivity contribution in [2.45, 2.75) is 46.6 Å². The number of aryl methyl sites for hydroxylation is 2. The Morgan fingerprint density at radius 3 is 2.20 bits per heavy atom. The zero-order valence-electron chi connectivity index (χ0n) is 19.2. The van der Waals surface area contributed by atoms with E-state index in [2.05, 4.69) is 0 Å². The van der Waals surface area contributed by atoms with E-state index >= 15 is 0 Å².